The number of hydrogen-bond donors (Lipinski definition) is 1. The molecule has 2 heteroatoms. The van der Waals surface area contributed by atoms with Gasteiger partial charge in [0.05, 0.1) is 5.60 Å². The smallest absolute Gasteiger partial charge is 0.0663 e. The molecule has 1 atom stereocenters. The average molecular weight is 241 g/mol. The van der Waals surface area contributed by atoms with Crippen molar-refractivity contribution in [2.24, 2.45) is 0 Å². The van der Waals surface area contributed by atoms with E-state index in [2.05, 4.69) is 28.1 Å². The van der Waals surface area contributed by atoms with Crippen molar-refractivity contribution >= 4 is 15.9 Å². The molecular weight excluding hydrogens is 228 g/mol. The van der Waals surface area contributed by atoms with Gasteiger partial charge in [-0.2, -0.15) is 0 Å². The Morgan fingerprint density at radius 3 is 3.00 bits per heavy atom. The number of fused-ring (bicyclic) bond motifs is 1. The zero-order valence-corrected chi connectivity index (χ0v) is 9.26. The molecule has 0 bridgehead atoms. The Balaban J connectivity index is 2.44. The Morgan fingerprint density at radius 1 is 1.46 bits per heavy atom. The van der Waals surface area contributed by atoms with Crippen molar-refractivity contribution in [3.8, 4) is 0 Å². The van der Waals surface area contributed by atoms with Gasteiger partial charge in [0, 0.05) is 10.9 Å². The van der Waals surface area contributed by atoms with E-state index in [1.807, 2.05) is 13.0 Å². The lowest BCUT2D eigenvalue weighted by molar-refractivity contribution is 0.0456. The molecule has 0 saturated heterocycles. The molecule has 1 unspecified atom stereocenters. The van der Waals surface area contributed by atoms with E-state index in [4.69, 9.17) is 0 Å². The summed E-state index contributed by atoms with van der Waals surface area (Å²) >= 11 is 3.52. The maximum atomic E-state index is 9.92. The maximum Gasteiger partial charge on any atom is 0.0663 e. The van der Waals surface area contributed by atoms with Gasteiger partial charge in [0.15, 0.2) is 0 Å². The number of halogens is 1. The van der Waals surface area contributed by atoms with Crippen molar-refractivity contribution < 1.29 is 5.11 Å². The Hall–Kier alpha value is -0.340. The quantitative estimate of drug-likeness (QED) is 0.740. The van der Waals surface area contributed by atoms with Gasteiger partial charge in [0.1, 0.15) is 0 Å². The maximum absolute atomic E-state index is 9.92. The molecule has 1 aliphatic carbocycles. The van der Waals surface area contributed by atoms with E-state index in [-0.39, 0.29) is 0 Å². The largest absolute Gasteiger partial charge is 0.390 e. The van der Waals surface area contributed by atoms with Gasteiger partial charge in [-0.25, -0.2) is 0 Å². The Morgan fingerprint density at radius 2 is 2.23 bits per heavy atom. The van der Waals surface area contributed by atoms with Crippen LogP contribution in [-0.4, -0.2) is 10.7 Å². The second-order valence-electron chi connectivity index (χ2n) is 4.05. The molecule has 0 spiro atoms. The molecular formula is C11H13BrO. The normalized spacial score (nSPS) is 27.0. The highest BCUT2D eigenvalue weighted by atomic mass is 79.9. The van der Waals surface area contributed by atoms with Crippen molar-refractivity contribution in [3.05, 3.63) is 33.8 Å². The van der Waals surface area contributed by atoms with Gasteiger partial charge in [-0.3, -0.25) is 0 Å². The molecule has 1 aromatic carbocycles. The zero-order valence-electron chi connectivity index (χ0n) is 7.68. The van der Waals surface area contributed by atoms with Crippen LogP contribution in [-0.2, 0) is 12.8 Å². The minimum absolute atomic E-state index is 0.517. The Labute approximate surface area is 86.9 Å². The first-order chi connectivity index (χ1) is 6.08. The van der Waals surface area contributed by atoms with Crippen LogP contribution in [0.15, 0.2) is 22.7 Å². The monoisotopic (exact) mass is 240 g/mol. The molecule has 1 aliphatic rings. The lowest BCUT2D eigenvalue weighted by Crippen LogP contribution is -2.32. The summed E-state index contributed by atoms with van der Waals surface area (Å²) in [6, 6.07) is 6.25. The van der Waals surface area contributed by atoms with Gasteiger partial charge in [0.25, 0.3) is 0 Å². The molecule has 0 radical (unpaired) electrons. The molecule has 0 fully saturated rings. The highest BCUT2D eigenvalue weighted by molar-refractivity contribution is 9.10. The van der Waals surface area contributed by atoms with Crippen LogP contribution in [0.2, 0.25) is 0 Å². The predicted octanol–water partition coefficient (Wildman–Crippen LogP) is 2.69. The molecule has 1 N–H and O–H groups in total. The fourth-order valence-electron chi connectivity index (χ4n) is 1.91. The van der Waals surface area contributed by atoms with Crippen LogP contribution in [0.25, 0.3) is 0 Å². The summed E-state index contributed by atoms with van der Waals surface area (Å²) in [5, 5.41) is 9.92. The number of aryl methyl sites for hydroxylation is 1. The van der Waals surface area contributed by atoms with Gasteiger partial charge in [-0.1, -0.05) is 28.1 Å². The molecule has 2 rings (SSSR count). The predicted molar refractivity (Wildman–Crippen MR) is 56.8 cm³/mol. The van der Waals surface area contributed by atoms with Crippen LogP contribution in [0.3, 0.4) is 0 Å². The summed E-state index contributed by atoms with van der Waals surface area (Å²) in [7, 11) is 0. The van der Waals surface area contributed by atoms with Crippen molar-refractivity contribution in [3.63, 3.8) is 0 Å². The highest BCUT2D eigenvalue weighted by Gasteiger charge is 2.27. The van der Waals surface area contributed by atoms with E-state index in [0.717, 1.165) is 23.7 Å². The summed E-state index contributed by atoms with van der Waals surface area (Å²) in [4.78, 5) is 0. The SMILES string of the molecule is CC1(O)CCc2cccc(Br)c2C1. The van der Waals surface area contributed by atoms with Crippen LogP contribution < -0.4 is 0 Å². The van der Waals surface area contributed by atoms with Gasteiger partial charge in [0.2, 0.25) is 0 Å². The third kappa shape index (κ3) is 1.79. The minimum atomic E-state index is -0.517. The van der Waals surface area contributed by atoms with Crippen LogP contribution in [0.5, 0.6) is 0 Å². The van der Waals surface area contributed by atoms with E-state index in [0.29, 0.717) is 0 Å². The highest BCUT2D eigenvalue weighted by Crippen LogP contribution is 2.32. The summed E-state index contributed by atoms with van der Waals surface area (Å²) in [6.45, 7) is 1.91. The number of aliphatic hydroxyl groups is 1. The minimum Gasteiger partial charge on any atom is -0.390 e. The van der Waals surface area contributed by atoms with Crippen molar-refractivity contribution in [2.45, 2.75) is 31.8 Å². The molecule has 0 aromatic heterocycles. The first-order valence-electron chi connectivity index (χ1n) is 4.57. The van der Waals surface area contributed by atoms with E-state index >= 15 is 0 Å². The van der Waals surface area contributed by atoms with Crippen LogP contribution >= 0.6 is 15.9 Å². The van der Waals surface area contributed by atoms with Gasteiger partial charge in [-0.15, -0.1) is 0 Å². The lowest BCUT2D eigenvalue weighted by Gasteiger charge is -2.30. The van der Waals surface area contributed by atoms with Crippen LogP contribution in [0, 0.1) is 0 Å². The van der Waals surface area contributed by atoms with Crippen molar-refractivity contribution in [1.82, 2.24) is 0 Å². The molecule has 13 heavy (non-hydrogen) atoms. The first kappa shape index (κ1) is 9.22. The Kier molecular flexibility index (Phi) is 2.20. The third-order valence-corrected chi connectivity index (χ3v) is 3.45. The molecule has 0 aliphatic heterocycles. The van der Waals surface area contributed by atoms with Gasteiger partial charge in [-0.05, 0) is 37.0 Å². The molecule has 1 nitrogen and oxygen atoms in total. The van der Waals surface area contributed by atoms with E-state index < -0.39 is 5.60 Å². The summed E-state index contributed by atoms with van der Waals surface area (Å²) in [5.41, 5.74) is 2.14. The summed E-state index contributed by atoms with van der Waals surface area (Å²) < 4.78 is 1.13. The van der Waals surface area contributed by atoms with Crippen LogP contribution in [0.1, 0.15) is 24.5 Å². The topological polar surface area (TPSA) is 20.2 Å². The summed E-state index contributed by atoms with van der Waals surface area (Å²) in [5.74, 6) is 0. The van der Waals surface area contributed by atoms with Gasteiger partial charge >= 0.3 is 0 Å². The fourth-order valence-corrected chi connectivity index (χ4v) is 2.46. The molecule has 1 aromatic rings. The van der Waals surface area contributed by atoms with Crippen molar-refractivity contribution in [2.75, 3.05) is 0 Å². The lowest BCUT2D eigenvalue weighted by atomic mass is 9.82. The number of benzene rings is 1. The molecule has 0 amide bonds. The van der Waals surface area contributed by atoms with Gasteiger partial charge < -0.3 is 5.11 Å². The van der Waals surface area contributed by atoms with E-state index in [1.54, 1.807) is 0 Å². The molecule has 70 valence electrons. The zero-order chi connectivity index (χ0) is 9.47. The van der Waals surface area contributed by atoms with Crippen molar-refractivity contribution in [1.29, 1.82) is 0 Å². The number of hydrogen-bond acceptors (Lipinski definition) is 1. The van der Waals surface area contributed by atoms with Crippen LogP contribution in [0.4, 0.5) is 0 Å². The number of rotatable bonds is 0. The molecule has 0 saturated carbocycles. The Bertz CT molecular complexity index is 331. The first-order valence-corrected chi connectivity index (χ1v) is 5.36. The van der Waals surface area contributed by atoms with E-state index in [1.165, 1.54) is 11.1 Å². The second kappa shape index (κ2) is 3.10. The molecule has 0 heterocycles. The third-order valence-electron chi connectivity index (χ3n) is 2.71. The second-order valence-corrected chi connectivity index (χ2v) is 4.91. The fraction of sp³-hybridized carbons (Fsp3) is 0.455. The van der Waals surface area contributed by atoms with E-state index in [9.17, 15) is 5.11 Å². The average Bonchev–Trinajstić information content (AvgIpc) is 2.06. The standard InChI is InChI=1S/C11H13BrO/c1-11(13)6-5-8-3-2-4-10(12)9(8)7-11/h2-4,13H,5-7H2,1H3. The summed E-state index contributed by atoms with van der Waals surface area (Å²) in [6.07, 6.45) is 2.63.